The molecule has 3 nitrogen and oxygen atoms in total. The number of carbonyl (C=O) groups is 1. The van der Waals surface area contributed by atoms with Crippen molar-refractivity contribution in [2.24, 2.45) is 0 Å². The van der Waals surface area contributed by atoms with Crippen LogP contribution in [-0.4, -0.2) is 20.6 Å². The number of benzene rings is 1. The molecule has 0 radical (unpaired) electrons. The number of aryl methyl sites for hydroxylation is 1. The minimum Gasteiger partial charge on any atom is -0.288 e. The van der Waals surface area contributed by atoms with Crippen molar-refractivity contribution in [1.29, 1.82) is 0 Å². The molecule has 0 bridgehead atoms. The first-order valence-electron chi connectivity index (χ1n) is 6.51. The predicted octanol–water partition coefficient (Wildman–Crippen LogP) is 3.78. The van der Waals surface area contributed by atoms with Crippen molar-refractivity contribution in [2.45, 2.75) is 20.8 Å². The summed E-state index contributed by atoms with van der Waals surface area (Å²) in [7, 11) is 0. The molecule has 0 aliphatic heterocycles. The Morgan fingerprint density at radius 1 is 1.30 bits per heavy atom. The van der Waals surface area contributed by atoms with E-state index < -0.39 is 0 Å². The van der Waals surface area contributed by atoms with E-state index in [-0.39, 0.29) is 5.12 Å². The highest BCUT2D eigenvalue weighted by Gasteiger charge is 2.09. The molecule has 1 aromatic carbocycles. The molecular formula is C16H18N2OS. The second kappa shape index (κ2) is 6.57. The Hall–Kier alpha value is -1.81. The number of rotatable bonds is 4. The summed E-state index contributed by atoms with van der Waals surface area (Å²) >= 11 is 1.31. The molecule has 0 unspecified atom stereocenters. The standard InChI is InChI=1S/C16H18N2OS/c1-12-16(10-7-11-20-14(3)19)13(2)18(17-12)15-8-5-4-6-9-15/h4-10H,11H2,1-3H3. The summed E-state index contributed by atoms with van der Waals surface area (Å²) in [6, 6.07) is 10.1. The molecule has 104 valence electrons. The van der Waals surface area contributed by atoms with Crippen LogP contribution >= 0.6 is 11.8 Å². The lowest BCUT2D eigenvalue weighted by Crippen LogP contribution is -1.98. The number of aromatic nitrogens is 2. The van der Waals surface area contributed by atoms with Gasteiger partial charge in [0.15, 0.2) is 5.12 Å². The SMILES string of the molecule is CC(=O)SCC=Cc1c(C)nn(-c2ccccc2)c1C. The maximum absolute atomic E-state index is 10.9. The van der Waals surface area contributed by atoms with Gasteiger partial charge < -0.3 is 0 Å². The Morgan fingerprint density at radius 2 is 2.00 bits per heavy atom. The van der Waals surface area contributed by atoms with Crippen LogP contribution in [0.25, 0.3) is 11.8 Å². The van der Waals surface area contributed by atoms with Gasteiger partial charge in [0.2, 0.25) is 0 Å². The molecule has 0 atom stereocenters. The predicted molar refractivity (Wildman–Crippen MR) is 85.2 cm³/mol. The first-order valence-corrected chi connectivity index (χ1v) is 7.49. The summed E-state index contributed by atoms with van der Waals surface area (Å²) < 4.78 is 1.95. The van der Waals surface area contributed by atoms with Crippen molar-refractivity contribution in [3.8, 4) is 5.69 Å². The van der Waals surface area contributed by atoms with E-state index in [0.717, 1.165) is 22.6 Å². The topological polar surface area (TPSA) is 34.9 Å². The molecule has 0 aliphatic rings. The Labute approximate surface area is 123 Å². The number of para-hydroxylation sites is 1. The van der Waals surface area contributed by atoms with Crippen molar-refractivity contribution in [3.63, 3.8) is 0 Å². The maximum Gasteiger partial charge on any atom is 0.186 e. The van der Waals surface area contributed by atoms with Crippen LogP contribution in [0.4, 0.5) is 0 Å². The van der Waals surface area contributed by atoms with Crippen LogP contribution in [0.2, 0.25) is 0 Å². The van der Waals surface area contributed by atoms with Crippen LogP contribution in [0, 0.1) is 13.8 Å². The molecule has 2 rings (SSSR count). The third kappa shape index (κ3) is 3.39. The van der Waals surface area contributed by atoms with Crippen molar-refractivity contribution in [2.75, 3.05) is 5.75 Å². The second-order valence-electron chi connectivity index (χ2n) is 4.54. The van der Waals surface area contributed by atoms with Gasteiger partial charge in [0.05, 0.1) is 11.4 Å². The number of nitrogens with zero attached hydrogens (tertiary/aromatic N) is 2. The normalized spacial score (nSPS) is 11.2. The fourth-order valence-electron chi connectivity index (χ4n) is 2.05. The monoisotopic (exact) mass is 286 g/mol. The quantitative estimate of drug-likeness (QED) is 0.858. The lowest BCUT2D eigenvalue weighted by Gasteiger charge is -2.03. The summed E-state index contributed by atoms with van der Waals surface area (Å²) in [5.74, 6) is 0.699. The van der Waals surface area contributed by atoms with Gasteiger partial charge in [0, 0.05) is 23.9 Å². The van der Waals surface area contributed by atoms with Gasteiger partial charge >= 0.3 is 0 Å². The summed E-state index contributed by atoms with van der Waals surface area (Å²) in [6.45, 7) is 5.65. The molecule has 0 saturated heterocycles. The maximum atomic E-state index is 10.9. The molecule has 0 N–H and O–H groups in total. The molecular weight excluding hydrogens is 268 g/mol. The van der Waals surface area contributed by atoms with E-state index in [1.54, 1.807) is 6.92 Å². The number of carbonyl (C=O) groups excluding carboxylic acids is 1. The van der Waals surface area contributed by atoms with Gasteiger partial charge in [-0.15, -0.1) is 0 Å². The van der Waals surface area contributed by atoms with Gasteiger partial charge in [-0.25, -0.2) is 4.68 Å². The summed E-state index contributed by atoms with van der Waals surface area (Å²) in [5, 5.41) is 4.73. The minimum atomic E-state index is 0.142. The molecule has 0 fully saturated rings. The molecule has 1 heterocycles. The summed E-state index contributed by atoms with van der Waals surface area (Å²) in [6.07, 6.45) is 4.06. The Bertz CT molecular complexity index is 629. The van der Waals surface area contributed by atoms with E-state index in [4.69, 9.17) is 0 Å². The van der Waals surface area contributed by atoms with E-state index in [9.17, 15) is 4.79 Å². The summed E-state index contributed by atoms with van der Waals surface area (Å²) in [5.41, 5.74) is 4.29. The molecule has 0 spiro atoms. The number of hydrogen-bond acceptors (Lipinski definition) is 3. The van der Waals surface area contributed by atoms with Gasteiger partial charge in [0.25, 0.3) is 0 Å². The van der Waals surface area contributed by atoms with Gasteiger partial charge in [-0.3, -0.25) is 4.79 Å². The Balaban J connectivity index is 2.23. The van der Waals surface area contributed by atoms with Crippen LogP contribution in [-0.2, 0) is 4.79 Å². The summed E-state index contributed by atoms with van der Waals surface area (Å²) in [4.78, 5) is 10.9. The molecule has 0 aliphatic carbocycles. The molecule has 4 heteroatoms. The third-order valence-electron chi connectivity index (χ3n) is 3.02. The highest BCUT2D eigenvalue weighted by molar-refractivity contribution is 8.13. The number of hydrogen-bond donors (Lipinski definition) is 0. The first-order chi connectivity index (χ1) is 9.59. The minimum absolute atomic E-state index is 0.142. The smallest absolute Gasteiger partial charge is 0.186 e. The first kappa shape index (κ1) is 14.6. The largest absolute Gasteiger partial charge is 0.288 e. The number of thioether (sulfide) groups is 1. The van der Waals surface area contributed by atoms with Crippen molar-refractivity contribution in [1.82, 2.24) is 9.78 Å². The lowest BCUT2D eigenvalue weighted by molar-refractivity contribution is -0.109. The van der Waals surface area contributed by atoms with E-state index in [2.05, 4.69) is 12.0 Å². The van der Waals surface area contributed by atoms with Crippen LogP contribution in [0.15, 0.2) is 36.4 Å². The van der Waals surface area contributed by atoms with Crippen LogP contribution in [0.1, 0.15) is 23.9 Å². The molecule has 1 aromatic heterocycles. The Morgan fingerprint density at radius 3 is 2.65 bits per heavy atom. The zero-order valence-electron chi connectivity index (χ0n) is 12.0. The van der Waals surface area contributed by atoms with E-state index in [1.165, 1.54) is 11.8 Å². The zero-order valence-corrected chi connectivity index (χ0v) is 12.8. The van der Waals surface area contributed by atoms with Crippen molar-refractivity contribution in [3.05, 3.63) is 53.4 Å². The fourth-order valence-corrected chi connectivity index (χ4v) is 2.48. The average Bonchev–Trinajstić information content (AvgIpc) is 2.71. The molecule has 2 aromatic rings. The molecule has 0 amide bonds. The van der Waals surface area contributed by atoms with Gasteiger partial charge in [0.1, 0.15) is 0 Å². The highest BCUT2D eigenvalue weighted by Crippen LogP contribution is 2.19. The molecule has 20 heavy (non-hydrogen) atoms. The van der Waals surface area contributed by atoms with Crippen molar-refractivity contribution < 1.29 is 4.79 Å². The zero-order chi connectivity index (χ0) is 14.5. The van der Waals surface area contributed by atoms with Crippen LogP contribution < -0.4 is 0 Å². The van der Waals surface area contributed by atoms with E-state index in [0.29, 0.717) is 5.75 Å². The third-order valence-corrected chi connectivity index (χ3v) is 3.78. The van der Waals surface area contributed by atoms with Gasteiger partial charge in [-0.05, 0) is 26.0 Å². The van der Waals surface area contributed by atoms with Crippen LogP contribution in [0.5, 0.6) is 0 Å². The van der Waals surface area contributed by atoms with E-state index >= 15 is 0 Å². The van der Waals surface area contributed by atoms with Gasteiger partial charge in [-0.2, -0.15) is 5.10 Å². The second-order valence-corrected chi connectivity index (χ2v) is 5.73. The Kier molecular flexibility index (Phi) is 4.79. The highest BCUT2D eigenvalue weighted by atomic mass is 32.2. The lowest BCUT2D eigenvalue weighted by atomic mass is 10.2. The van der Waals surface area contributed by atoms with Crippen molar-refractivity contribution >= 4 is 23.0 Å². The van der Waals surface area contributed by atoms with Crippen LogP contribution in [0.3, 0.4) is 0 Å². The van der Waals surface area contributed by atoms with Gasteiger partial charge in [-0.1, -0.05) is 42.1 Å². The molecule has 0 saturated carbocycles. The average molecular weight is 286 g/mol. The fraction of sp³-hybridized carbons (Fsp3) is 0.250. The van der Waals surface area contributed by atoms with E-state index in [1.807, 2.05) is 54.1 Å².